The number of benzene rings is 1. The molecule has 1 aromatic rings. The minimum Gasteiger partial charge on any atom is -0.497 e. The van der Waals surface area contributed by atoms with Gasteiger partial charge in [0.05, 0.1) is 34.3 Å². The molecule has 0 aromatic heterocycles. The number of esters is 1. The summed E-state index contributed by atoms with van der Waals surface area (Å²) in [4.78, 5) is 20.5. The average Bonchev–Trinajstić information content (AvgIpc) is 2.73. The molecule has 29 heavy (non-hydrogen) atoms. The smallest absolute Gasteiger partial charge is 0.307 e. The molecular formula is C20H33IN4O4. The Morgan fingerprint density at radius 2 is 1.86 bits per heavy atom. The minimum atomic E-state index is -0.239. The molecule has 0 amide bonds. The number of nitrogens with one attached hydrogen (secondary N) is 1. The lowest BCUT2D eigenvalue weighted by molar-refractivity contribution is -0.140. The first-order valence-corrected chi connectivity index (χ1v) is 9.64. The number of hydrogen-bond acceptors (Lipinski definition) is 6. The second-order valence-corrected chi connectivity index (χ2v) is 6.50. The van der Waals surface area contributed by atoms with Crippen LogP contribution in [0.25, 0.3) is 0 Å². The molecule has 1 aliphatic rings. The van der Waals surface area contributed by atoms with E-state index < -0.39 is 0 Å². The van der Waals surface area contributed by atoms with E-state index in [2.05, 4.69) is 24.8 Å². The predicted molar refractivity (Wildman–Crippen MR) is 124 cm³/mol. The predicted octanol–water partition coefficient (Wildman–Crippen LogP) is 1.97. The third kappa shape index (κ3) is 7.88. The van der Waals surface area contributed by atoms with Crippen molar-refractivity contribution in [1.29, 1.82) is 0 Å². The Hall–Kier alpha value is -1.75. The lowest BCUT2D eigenvalue weighted by Crippen LogP contribution is -2.52. The van der Waals surface area contributed by atoms with E-state index in [1.165, 1.54) is 7.11 Å². The summed E-state index contributed by atoms with van der Waals surface area (Å²) < 4.78 is 15.5. The lowest BCUT2D eigenvalue weighted by atomic mass is 10.1. The molecule has 0 unspecified atom stereocenters. The monoisotopic (exact) mass is 520 g/mol. The van der Waals surface area contributed by atoms with Crippen molar-refractivity contribution in [1.82, 2.24) is 15.1 Å². The molecular weight excluding hydrogens is 487 g/mol. The van der Waals surface area contributed by atoms with Crippen molar-refractivity contribution in [2.45, 2.75) is 19.9 Å². The first-order valence-electron chi connectivity index (χ1n) is 9.64. The summed E-state index contributed by atoms with van der Waals surface area (Å²) in [6.45, 7) is 7.65. The van der Waals surface area contributed by atoms with Crippen LogP contribution >= 0.6 is 24.0 Å². The van der Waals surface area contributed by atoms with Crippen molar-refractivity contribution in [3.8, 4) is 11.5 Å². The van der Waals surface area contributed by atoms with Crippen molar-refractivity contribution in [3.63, 3.8) is 0 Å². The zero-order valence-corrected chi connectivity index (χ0v) is 20.1. The summed E-state index contributed by atoms with van der Waals surface area (Å²) in [5, 5.41) is 3.31. The molecule has 8 nitrogen and oxygen atoms in total. The van der Waals surface area contributed by atoms with E-state index in [1.54, 1.807) is 14.2 Å². The third-order valence-electron chi connectivity index (χ3n) is 4.69. The van der Waals surface area contributed by atoms with Crippen LogP contribution in [0.15, 0.2) is 23.2 Å². The number of carbonyl (C=O) groups excluding carboxylic acids is 1. The van der Waals surface area contributed by atoms with Crippen LogP contribution in [0.3, 0.4) is 0 Å². The molecule has 1 aromatic carbocycles. The number of carbonyl (C=O) groups is 1. The van der Waals surface area contributed by atoms with Gasteiger partial charge in [0.25, 0.3) is 0 Å². The summed E-state index contributed by atoms with van der Waals surface area (Å²) in [5.74, 6) is 2.32. The van der Waals surface area contributed by atoms with Crippen molar-refractivity contribution in [3.05, 3.63) is 23.8 Å². The van der Waals surface area contributed by atoms with Gasteiger partial charge in [-0.25, -0.2) is 0 Å². The van der Waals surface area contributed by atoms with Crippen LogP contribution in [0.5, 0.6) is 11.5 Å². The van der Waals surface area contributed by atoms with Gasteiger partial charge in [-0.05, 0) is 25.1 Å². The molecule has 2 rings (SSSR count). The minimum absolute atomic E-state index is 0. The molecule has 1 aliphatic heterocycles. The number of rotatable bonds is 8. The Bertz CT molecular complexity index is 664. The Balaban J connectivity index is 0.00000420. The largest absolute Gasteiger partial charge is 0.497 e. The highest BCUT2D eigenvalue weighted by molar-refractivity contribution is 14.0. The Morgan fingerprint density at radius 1 is 1.14 bits per heavy atom. The van der Waals surface area contributed by atoms with Gasteiger partial charge in [0, 0.05) is 44.8 Å². The average molecular weight is 520 g/mol. The van der Waals surface area contributed by atoms with Gasteiger partial charge >= 0.3 is 5.97 Å². The summed E-state index contributed by atoms with van der Waals surface area (Å²) in [7, 11) is 4.76. The number of ether oxygens (including phenoxy) is 3. The fourth-order valence-corrected chi connectivity index (χ4v) is 3.15. The maximum atomic E-state index is 11.3. The molecule has 1 heterocycles. The topological polar surface area (TPSA) is 75.6 Å². The molecule has 1 saturated heterocycles. The molecule has 1 N–H and O–H groups in total. The van der Waals surface area contributed by atoms with Gasteiger partial charge in [0.1, 0.15) is 11.5 Å². The fraction of sp³-hybridized carbons (Fsp3) is 0.600. The highest BCUT2D eigenvalue weighted by Crippen LogP contribution is 2.25. The van der Waals surface area contributed by atoms with Crippen LogP contribution in [-0.2, 0) is 16.1 Å². The Labute approximate surface area is 190 Å². The van der Waals surface area contributed by atoms with Gasteiger partial charge in [-0.3, -0.25) is 14.7 Å². The van der Waals surface area contributed by atoms with E-state index in [1.807, 2.05) is 25.1 Å². The van der Waals surface area contributed by atoms with Crippen LogP contribution in [0.2, 0.25) is 0 Å². The van der Waals surface area contributed by atoms with Crippen LogP contribution in [0.4, 0.5) is 0 Å². The van der Waals surface area contributed by atoms with E-state index in [-0.39, 0.29) is 29.9 Å². The Morgan fingerprint density at radius 3 is 2.45 bits per heavy atom. The molecule has 1 fully saturated rings. The third-order valence-corrected chi connectivity index (χ3v) is 4.69. The number of halogens is 1. The van der Waals surface area contributed by atoms with Crippen molar-refractivity contribution < 1.29 is 19.0 Å². The molecule has 0 saturated carbocycles. The standard InChI is InChI=1S/C20H32N4O4.HI/c1-5-21-20(22-9-8-19(25)28-4)24-12-10-23(11-13-24)15-16-14-17(26-2)6-7-18(16)27-3;/h6-7,14H,5,8-13,15H2,1-4H3,(H,21,22);1H. The van der Waals surface area contributed by atoms with E-state index in [4.69, 9.17) is 9.47 Å². The highest BCUT2D eigenvalue weighted by atomic mass is 127. The molecule has 0 aliphatic carbocycles. The van der Waals surface area contributed by atoms with Crippen molar-refractivity contribution in [2.24, 2.45) is 4.99 Å². The van der Waals surface area contributed by atoms with Crippen LogP contribution < -0.4 is 14.8 Å². The first kappa shape index (κ1) is 25.3. The van der Waals surface area contributed by atoms with Crippen LogP contribution in [0.1, 0.15) is 18.9 Å². The summed E-state index contributed by atoms with van der Waals surface area (Å²) in [6.07, 6.45) is 0.293. The van der Waals surface area contributed by atoms with Gasteiger partial charge in [0.15, 0.2) is 5.96 Å². The normalized spacial score (nSPS) is 14.8. The molecule has 0 atom stereocenters. The number of hydrogen-bond donors (Lipinski definition) is 1. The lowest BCUT2D eigenvalue weighted by Gasteiger charge is -2.36. The number of methoxy groups -OCH3 is 3. The molecule has 0 spiro atoms. The van der Waals surface area contributed by atoms with Crippen molar-refractivity contribution in [2.75, 3.05) is 60.6 Å². The maximum Gasteiger partial charge on any atom is 0.307 e. The molecule has 0 bridgehead atoms. The maximum absolute atomic E-state index is 11.3. The molecule has 164 valence electrons. The van der Waals surface area contributed by atoms with Gasteiger partial charge in [-0.15, -0.1) is 24.0 Å². The van der Waals surface area contributed by atoms with E-state index in [0.29, 0.717) is 13.0 Å². The quantitative estimate of drug-likeness (QED) is 0.243. The summed E-state index contributed by atoms with van der Waals surface area (Å²) in [6, 6.07) is 5.89. The highest BCUT2D eigenvalue weighted by Gasteiger charge is 2.21. The second-order valence-electron chi connectivity index (χ2n) is 6.50. The van der Waals surface area contributed by atoms with Crippen LogP contribution in [-0.4, -0.2) is 82.3 Å². The molecule has 0 radical (unpaired) electrons. The van der Waals surface area contributed by atoms with Crippen LogP contribution in [0, 0.1) is 0 Å². The summed E-state index contributed by atoms with van der Waals surface area (Å²) >= 11 is 0. The molecule has 9 heteroatoms. The number of guanidine groups is 1. The SMILES string of the molecule is CCNC(=NCCC(=O)OC)N1CCN(Cc2cc(OC)ccc2OC)CC1.I. The summed E-state index contributed by atoms with van der Waals surface area (Å²) in [5.41, 5.74) is 1.12. The second kappa shape index (κ2) is 13.5. The van der Waals surface area contributed by atoms with E-state index in [9.17, 15) is 4.79 Å². The fourth-order valence-electron chi connectivity index (χ4n) is 3.15. The van der Waals surface area contributed by atoms with Gasteiger partial charge in [-0.2, -0.15) is 0 Å². The Kier molecular flexibility index (Phi) is 11.7. The number of aliphatic imine (C=N–C) groups is 1. The zero-order chi connectivity index (χ0) is 20.4. The van der Waals surface area contributed by atoms with Gasteiger partial charge in [-0.1, -0.05) is 0 Å². The van der Waals surface area contributed by atoms with E-state index in [0.717, 1.165) is 62.3 Å². The number of piperazine rings is 1. The first-order chi connectivity index (χ1) is 13.6. The van der Waals surface area contributed by atoms with Gasteiger partial charge < -0.3 is 24.4 Å². The number of nitrogens with zero attached hydrogens (tertiary/aromatic N) is 3. The van der Waals surface area contributed by atoms with Gasteiger partial charge in [0.2, 0.25) is 0 Å². The van der Waals surface area contributed by atoms with E-state index >= 15 is 0 Å². The van der Waals surface area contributed by atoms with Crippen molar-refractivity contribution >= 4 is 35.9 Å². The zero-order valence-electron chi connectivity index (χ0n) is 17.8.